The molecule has 0 aliphatic carbocycles. The molecule has 0 saturated carbocycles. The molecule has 2 aromatic heterocycles. The Morgan fingerprint density at radius 3 is 2.91 bits per heavy atom. The van der Waals surface area contributed by atoms with Crippen LogP contribution in [0.4, 0.5) is 5.82 Å². The Morgan fingerprint density at radius 1 is 1.18 bits per heavy atom. The van der Waals surface area contributed by atoms with E-state index in [9.17, 15) is 4.79 Å². The van der Waals surface area contributed by atoms with E-state index in [-0.39, 0.29) is 5.91 Å². The van der Waals surface area contributed by atoms with Crippen LogP contribution in [0.1, 0.15) is 30.1 Å². The van der Waals surface area contributed by atoms with Crippen LogP contribution < -0.4 is 5.32 Å². The second-order valence-electron chi connectivity index (χ2n) is 5.12. The summed E-state index contributed by atoms with van der Waals surface area (Å²) in [4.78, 5) is 16.9. The average Bonchev–Trinajstić information content (AvgIpc) is 2.99. The summed E-state index contributed by atoms with van der Waals surface area (Å²) in [6.07, 6.45) is 5.48. The number of pyridine rings is 1. The highest BCUT2D eigenvalue weighted by atomic mass is 16.1. The summed E-state index contributed by atoms with van der Waals surface area (Å²) < 4.78 is 1.82. The number of hydrogen-bond donors (Lipinski definition) is 1. The molecule has 1 amide bonds. The first kappa shape index (κ1) is 14.3. The van der Waals surface area contributed by atoms with Crippen molar-refractivity contribution in [1.29, 1.82) is 0 Å². The van der Waals surface area contributed by atoms with Gasteiger partial charge in [0.05, 0.1) is 17.3 Å². The highest BCUT2D eigenvalue weighted by Crippen LogP contribution is 2.18. The number of amides is 1. The molecule has 0 spiro atoms. The van der Waals surface area contributed by atoms with Gasteiger partial charge in [0, 0.05) is 24.2 Å². The fourth-order valence-electron chi connectivity index (χ4n) is 2.40. The third-order valence-electron chi connectivity index (χ3n) is 3.58. The highest BCUT2D eigenvalue weighted by Gasteiger charge is 2.12. The summed E-state index contributed by atoms with van der Waals surface area (Å²) in [5.41, 5.74) is 1.43. The summed E-state index contributed by atoms with van der Waals surface area (Å²) in [5, 5.41) is 8.04. The first-order valence-electron chi connectivity index (χ1n) is 7.46. The number of aryl methyl sites for hydroxylation is 1. The van der Waals surface area contributed by atoms with Crippen molar-refractivity contribution in [3.63, 3.8) is 0 Å². The number of anilines is 1. The highest BCUT2D eigenvalue weighted by molar-refractivity contribution is 6.11. The Hall–Kier alpha value is -2.69. The molecule has 3 rings (SSSR count). The zero-order chi connectivity index (χ0) is 15.4. The van der Waals surface area contributed by atoms with Crippen molar-refractivity contribution in [1.82, 2.24) is 14.8 Å². The van der Waals surface area contributed by atoms with Gasteiger partial charge >= 0.3 is 0 Å². The van der Waals surface area contributed by atoms with Gasteiger partial charge in [-0.15, -0.1) is 0 Å². The van der Waals surface area contributed by atoms with Gasteiger partial charge in [-0.2, -0.15) is 5.10 Å². The molecule has 1 aromatic carbocycles. The molecule has 0 aliphatic rings. The van der Waals surface area contributed by atoms with E-state index in [4.69, 9.17) is 0 Å². The minimum atomic E-state index is -0.142. The smallest absolute Gasteiger partial charge is 0.257 e. The Kier molecular flexibility index (Phi) is 4.14. The third kappa shape index (κ3) is 2.83. The molecule has 1 N–H and O–H groups in total. The van der Waals surface area contributed by atoms with Crippen LogP contribution in [-0.4, -0.2) is 20.7 Å². The van der Waals surface area contributed by atoms with E-state index < -0.39 is 0 Å². The van der Waals surface area contributed by atoms with Crippen LogP contribution >= 0.6 is 0 Å². The van der Waals surface area contributed by atoms with E-state index in [2.05, 4.69) is 22.3 Å². The van der Waals surface area contributed by atoms with Crippen molar-refractivity contribution in [2.24, 2.45) is 0 Å². The largest absolute Gasteiger partial charge is 0.307 e. The predicted molar refractivity (Wildman–Crippen MR) is 86.8 cm³/mol. The van der Waals surface area contributed by atoms with Crippen molar-refractivity contribution in [2.75, 3.05) is 5.32 Å². The van der Waals surface area contributed by atoms with Gasteiger partial charge in [-0.25, -0.2) is 4.68 Å². The molecule has 22 heavy (non-hydrogen) atoms. The maximum atomic E-state index is 12.6. The normalized spacial score (nSPS) is 10.8. The van der Waals surface area contributed by atoms with Crippen molar-refractivity contribution >= 4 is 22.6 Å². The number of nitrogens with one attached hydrogen (secondary N) is 1. The number of fused-ring (bicyclic) bond motifs is 1. The SMILES string of the molecule is CCCCn1nccc1NC(=O)c1ccnc2ccccc12. The molecule has 2 heterocycles. The molecular formula is C17H18N4O. The topological polar surface area (TPSA) is 59.8 Å². The van der Waals surface area contributed by atoms with Crippen molar-refractivity contribution < 1.29 is 4.79 Å². The summed E-state index contributed by atoms with van der Waals surface area (Å²) in [7, 11) is 0. The molecule has 0 aliphatic heterocycles. The zero-order valence-electron chi connectivity index (χ0n) is 12.5. The minimum absolute atomic E-state index is 0.142. The van der Waals surface area contributed by atoms with Gasteiger partial charge in [0.2, 0.25) is 0 Å². The van der Waals surface area contributed by atoms with Gasteiger partial charge in [0.25, 0.3) is 5.91 Å². The summed E-state index contributed by atoms with van der Waals surface area (Å²) in [6, 6.07) is 11.2. The minimum Gasteiger partial charge on any atom is -0.307 e. The molecular weight excluding hydrogens is 276 g/mol. The van der Waals surface area contributed by atoms with E-state index in [0.29, 0.717) is 5.56 Å². The van der Waals surface area contributed by atoms with Gasteiger partial charge in [0.15, 0.2) is 0 Å². The van der Waals surface area contributed by atoms with Crippen LogP contribution in [0.25, 0.3) is 10.9 Å². The van der Waals surface area contributed by atoms with E-state index in [0.717, 1.165) is 36.1 Å². The first-order chi connectivity index (χ1) is 10.8. The number of carbonyl (C=O) groups excluding carboxylic acids is 1. The number of rotatable bonds is 5. The van der Waals surface area contributed by atoms with Gasteiger partial charge in [-0.05, 0) is 18.6 Å². The van der Waals surface area contributed by atoms with Gasteiger partial charge in [-0.3, -0.25) is 9.78 Å². The number of para-hydroxylation sites is 1. The van der Waals surface area contributed by atoms with E-state index in [1.165, 1.54) is 0 Å². The maximum Gasteiger partial charge on any atom is 0.257 e. The molecule has 5 nitrogen and oxygen atoms in total. The molecule has 3 aromatic rings. The molecule has 0 saturated heterocycles. The maximum absolute atomic E-state index is 12.6. The van der Waals surface area contributed by atoms with Crippen LogP contribution in [0.5, 0.6) is 0 Å². The fourth-order valence-corrected chi connectivity index (χ4v) is 2.40. The van der Waals surface area contributed by atoms with Crippen LogP contribution in [0.2, 0.25) is 0 Å². The standard InChI is InChI=1S/C17H18N4O/c1-2-3-12-21-16(9-11-19-21)20-17(22)14-8-10-18-15-7-5-4-6-13(14)15/h4-11H,2-3,12H2,1H3,(H,20,22). The lowest BCUT2D eigenvalue weighted by atomic mass is 10.1. The van der Waals surface area contributed by atoms with Gasteiger partial charge < -0.3 is 5.32 Å². The number of hydrogen-bond acceptors (Lipinski definition) is 3. The Morgan fingerprint density at radius 2 is 2.05 bits per heavy atom. The Bertz CT molecular complexity index is 789. The van der Waals surface area contributed by atoms with Crippen molar-refractivity contribution in [3.8, 4) is 0 Å². The molecule has 0 unspecified atom stereocenters. The molecule has 112 valence electrons. The molecule has 0 fully saturated rings. The molecule has 0 atom stereocenters. The molecule has 0 radical (unpaired) electrons. The van der Waals surface area contributed by atoms with E-state index >= 15 is 0 Å². The number of aromatic nitrogens is 3. The van der Waals surface area contributed by atoms with Crippen molar-refractivity contribution in [2.45, 2.75) is 26.3 Å². The average molecular weight is 294 g/mol. The second kappa shape index (κ2) is 6.39. The van der Waals surface area contributed by atoms with Crippen LogP contribution in [0.3, 0.4) is 0 Å². The van der Waals surface area contributed by atoms with Crippen LogP contribution in [0, 0.1) is 0 Å². The number of benzene rings is 1. The zero-order valence-corrected chi connectivity index (χ0v) is 12.5. The van der Waals surface area contributed by atoms with E-state index in [1.54, 1.807) is 18.5 Å². The molecule has 5 heteroatoms. The quantitative estimate of drug-likeness (QED) is 0.783. The lowest BCUT2D eigenvalue weighted by Gasteiger charge is -2.10. The monoisotopic (exact) mass is 294 g/mol. The first-order valence-corrected chi connectivity index (χ1v) is 7.46. The number of carbonyl (C=O) groups is 1. The summed E-state index contributed by atoms with van der Waals surface area (Å²) >= 11 is 0. The van der Waals surface area contributed by atoms with Crippen LogP contribution in [0.15, 0.2) is 48.8 Å². The van der Waals surface area contributed by atoms with Crippen molar-refractivity contribution in [3.05, 3.63) is 54.4 Å². The second-order valence-corrected chi connectivity index (χ2v) is 5.12. The predicted octanol–water partition coefficient (Wildman–Crippen LogP) is 3.48. The fraction of sp³-hybridized carbons (Fsp3) is 0.235. The lowest BCUT2D eigenvalue weighted by molar-refractivity contribution is 0.102. The Balaban J connectivity index is 1.86. The lowest BCUT2D eigenvalue weighted by Crippen LogP contribution is -2.16. The van der Waals surface area contributed by atoms with Crippen LogP contribution in [-0.2, 0) is 6.54 Å². The Labute approximate surface area is 129 Å². The third-order valence-corrected chi connectivity index (χ3v) is 3.58. The van der Waals surface area contributed by atoms with Gasteiger partial charge in [0.1, 0.15) is 5.82 Å². The molecule has 0 bridgehead atoms. The summed E-state index contributed by atoms with van der Waals surface area (Å²) in [5.74, 6) is 0.580. The summed E-state index contributed by atoms with van der Waals surface area (Å²) in [6.45, 7) is 2.93. The number of unbranched alkanes of at least 4 members (excludes halogenated alkanes) is 1. The van der Waals surface area contributed by atoms with E-state index in [1.807, 2.05) is 35.0 Å². The van der Waals surface area contributed by atoms with Gasteiger partial charge in [-0.1, -0.05) is 31.5 Å². The number of nitrogens with zero attached hydrogens (tertiary/aromatic N) is 3.